The monoisotopic (exact) mass is 368 g/mol. The zero-order chi connectivity index (χ0) is 14.8. The average molecular weight is 369 g/mol. The van der Waals surface area contributed by atoms with Crippen LogP contribution in [-0.4, -0.2) is 11.0 Å². The van der Waals surface area contributed by atoms with E-state index in [4.69, 9.17) is 4.98 Å². The summed E-state index contributed by atoms with van der Waals surface area (Å²) < 4.78 is 13.9. The Bertz CT molecular complexity index is 637. The summed E-state index contributed by atoms with van der Waals surface area (Å²) >= 11 is 4.97. The maximum atomic E-state index is 13.4. The lowest BCUT2D eigenvalue weighted by molar-refractivity contribution is 0.621. The van der Waals surface area contributed by atoms with E-state index in [1.54, 1.807) is 17.4 Å². The van der Waals surface area contributed by atoms with Crippen molar-refractivity contribution >= 4 is 27.3 Å². The van der Waals surface area contributed by atoms with Gasteiger partial charge in [0.05, 0.1) is 10.2 Å². The van der Waals surface area contributed by atoms with Crippen molar-refractivity contribution in [2.45, 2.75) is 45.2 Å². The van der Waals surface area contributed by atoms with E-state index in [1.165, 1.54) is 29.5 Å². The molecule has 2 aromatic rings. The van der Waals surface area contributed by atoms with Crippen molar-refractivity contribution < 1.29 is 4.39 Å². The second-order valence-corrected chi connectivity index (χ2v) is 7.36. The predicted octanol–water partition coefficient (Wildman–Crippen LogP) is 4.92. The van der Waals surface area contributed by atoms with E-state index in [1.807, 2.05) is 6.07 Å². The van der Waals surface area contributed by atoms with Crippen LogP contribution in [0.2, 0.25) is 0 Å². The topological polar surface area (TPSA) is 24.9 Å². The first-order valence-electron chi connectivity index (χ1n) is 7.34. The van der Waals surface area contributed by atoms with Gasteiger partial charge >= 0.3 is 0 Å². The zero-order valence-corrected chi connectivity index (χ0v) is 14.4. The molecule has 1 aromatic carbocycles. The van der Waals surface area contributed by atoms with Crippen LogP contribution in [0, 0.1) is 5.82 Å². The van der Waals surface area contributed by atoms with Gasteiger partial charge in [-0.05, 0) is 53.4 Å². The number of rotatable bonds is 6. The number of hydrogen-bond acceptors (Lipinski definition) is 3. The summed E-state index contributed by atoms with van der Waals surface area (Å²) in [4.78, 5) is 6.09. The van der Waals surface area contributed by atoms with Gasteiger partial charge in [-0.1, -0.05) is 13.3 Å². The molecule has 1 fully saturated rings. The van der Waals surface area contributed by atoms with Crippen molar-refractivity contribution in [3.63, 3.8) is 0 Å². The van der Waals surface area contributed by atoms with Gasteiger partial charge in [0.15, 0.2) is 0 Å². The van der Waals surface area contributed by atoms with Crippen molar-refractivity contribution in [2.75, 3.05) is 0 Å². The molecular formula is C16H18BrFN2S. The molecule has 1 saturated carbocycles. The molecular weight excluding hydrogens is 351 g/mol. The number of hydrogen-bond donors (Lipinski definition) is 1. The number of nitrogens with one attached hydrogen (secondary N) is 1. The molecule has 2 nitrogen and oxygen atoms in total. The highest BCUT2D eigenvalue weighted by atomic mass is 79.9. The highest BCUT2D eigenvalue weighted by Crippen LogP contribution is 2.32. The number of nitrogens with zero attached hydrogens (tertiary/aromatic N) is 1. The van der Waals surface area contributed by atoms with Gasteiger partial charge in [0.1, 0.15) is 10.8 Å². The average Bonchev–Trinajstić information content (AvgIpc) is 3.21. The molecule has 1 N–H and O–H groups in total. The minimum Gasteiger partial charge on any atom is -0.309 e. The highest BCUT2D eigenvalue weighted by molar-refractivity contribution is 9.10. The Morgan fingerprint density at radius 2 is 2.24 bits per heavy atom. The molecule has 21 heavy (non-hydrogen) atoms. The van der Waals surface area contributed by atoms with Crippen LogP contribution in [0.4, 0.5) is 4.39 Å². The van der Waals surface area contributed by atoms with Crippen molar-refractivity contribution in [2.24, 2.45) is 0 Å². The van der Waals surface area contributed by atoms with Crippen molar-refractivity contribution in [1.82, 2.24) is 10.3 Å². The fraction of sp³-hybridized carbons (Fsp3) is 0.438. The standard InChI is InChI=1S/C16H18BrFN2S/c1-2-3-14-15(9-19-11-5-6-11)21-16(20-14)10-4-7-13(18)12(17)8-10/h4,7-8,11,19H,2-3,5-6,9H2,1H3. The maximum absolute atomic E-state index is 13.4. The molecule has 0 saturated heterocycles. The lowest BCUT2D eigenvalue weighted by Crippen LogP contribution is -2.15. The van der Waals surface area contributed by atoms with Crippen LogP contribution in [0.25, 0.3) is 10.6 Å². The third-order valence-corrected chi connectivity index (χ3v) is 5.31. The molecule has 5 heteroatoms. The smallest absolute Gasteiger partial charge is 0.137 e. The van der Waals surface area contributed by atoms with E-state index in [-0.39, 0.29) is 5.82 Å². The minimum absolute atomic E-state index is 0.236. The van der Waals surface area contributed by atoms with E-state index in [0.717, 1.165) is 30.0 Å². The van der Waals surface area contributed by atoms with Crippen LogP contribution < -0.4 is 5.32 Å². The second kappa shape index (κ2) is 6.55. The third kappa shape index (κ3) is 3.71. The number of aromatic nitrogens is 1. The molecule has 1 heterocycles. The fourth-order valence-corrected chi connectivity index (χ4v) is 3.66. The van der Waals surface area contributed by atoms with E-state index in [0.29, 0.717) is 10.5 Å². The van der Waals surface area contributed by atoms with Crippen LogP contribution in [0.5, 0.6) is 0 Å². The van der Waals surface area contributed by atoms with Gasteiger partial charge in [-0.15, -0.1) is 11.3 Å². The molecule has 0 spiro atoms. The van der Waals surface area contributed by atoms with E-state index in [2.05, 4.69) is 28.2 Å². The van der Waals surface area contributed by atoms with Gasteiger partial charge in [0, 0.05) is 23.0 Å². The molecule has 1 aliphatic carbocycles. The quantitative estimate of drug-likeness (QED) is 0.782. The minimum atomic E-state index is -0.236. The normalized spacial score (nSPS) is 14.6. The molecule has 1 aliphatic rings. The van der Waals surface area contributed by atoms with Gasteiger partial charge in [0.25, 0.3) is 0 Å². The first-order valence-corrected chi connectivity index (χ1v) is 8.95. The molecule has 0 bridgehead atoms. The van der Waals surface area contributed by atoms with Crippen molar-refractivity contribution in [3.8, 4) is 10.6 Å². The van der Waals surface area contributed by atoms with E-state index < -0.39 is 0 Å². The Hall–Kier alpha value is -0.780. The molecule has 0 radical (unpaired) electrons. The summed E-state index contributed by atoms with van der Waals surface area (Å²) in [6, 6.07) is 5.79. The summed E-state index contributed by atoms with van der Waals surface area (Å²) in [6.07, 6.45) is 4.67. The van der Waals surface area contributed by atoms with E-state index in [9.17, 15) is 4.39 Å². The van der Waals surface area contributed by atoms with Crippen LogP contribution in [0.3, 0.4) is 0 Å². The third-order valence-electron chi connectivity index (χ3n) is 3.56. The molecule has 0 unspecified atom stereocenters. The molecule has 0 atom stereocenters. The summed E-state index contributed by atoms with van der Waals surface area (Å²) in [6.45, 7) is 3.08. The molecule has 0 amide bonds. The van der Waals surface area contributed by atoms with Gasteiger partial charge in [-0.25, -0.2) is 9.37 Å². The number of aryl methyl sites for hydroxylation is 1. The number of halogens is 2. The summed E-state index contributed by atoms with van der Waals surface area (Å²) in [7, 11) is 0. The predicted molar refractivity (Wildman–Crippen MR) is 89.1 cm³/mol. The Labute approximate surface area is 136 Å². The van der Waals surface area contributed by atoms with Gasteiger partial charge < -0.3 is 5.32 Å². The lowest BCUT2D eigenvalue weighted by atomic mass is 10.2. The number of benzene rings is 1. The number of thiazole rings is 1. The Morgan fingerprint density at radius 1 is 1.43 bits per heavy atom. The van der Waals surface area contributed by atoms with Crippen LogP contribution in [-0.2, 0) is 13.0 Å². The SMILES string of the molecule is CCCc1nc(-c2ccc(F)c(Br)c2)sc1CNC1CC1. The maximum Gasteiger partial charge on any atom is 0.137 e. The van der Waals surface area contributed by atoms with E-state index >= 15 is 0 Å². The van der Waals surface area contributed by atoms with Gasteiger partial charge in [-0.3, -0.25) is 0 Å². The van der Waals surface area contributed by atoms with Crippen molar-refractivity contribution in [3.05, 3.63) is 39.1 Å². The molecule has 0 aliphatic heterocycles. The second-order valence-electron chi connectivity index (χ2n) is 5.42. The molecule has 1 aromatic heterocycles. The van der Waals surface area contributed by atoms with Crippen LogP contribution in [0.1, 0.15) is 36.8 Å². The summed E-state index contributed by atoms with van der Waals surface area (Å²) in [5.41, 5.74) is 2.16. The summed E-state index contributed by atoms with van der Waals surface area (Å²) in [5, 5.41) is 4.54. The lowest BCUT2D eigenvalue weighted by Gasteiger charge is -2.01. The van der Waals surface area contributed by atoms with Crippen molar-refractivity contribution in [1.29, 1.82) is 0 Å². The highest BCUT2D eigenvalue weighted by Gasteiger charge is 2.21. The Balaban J connectivity index is 1.86. The Kier molecular flexibility index (Phi) is 4.72. The van der Waals surface area contributed by atoms with Gasteiger partial charge in [0.2, 0.25) is 0 Å². The summed E-state index contributed by atoms with van der Waals surface area (Å²) in [5.74, 6) is -0.236. The zero-order valence-electron chi connectivity index (χ0n) is 12.0. The molecule has 3 rings (SSSR count). The first kappa shape index (κ1) is 15.1. The van der Waals surface area contributed by atoms with Crippen LogP contribution >= 0.6 is 27.3 Å². The van der Waals surface area contributed by atoms with Gasteiger partial charge in [-0.2, -0.15) is 0 Å². The largest absolute Gasteiger partial charge is 0.309 e. The fourth-order valence-electron chi connectivity index (χ4n) is 2.23. The first-order chi connectivity index (χ1) is 10.2. The van der Waals surface area contributed by atoms with Crippen LogP contribution in [0.15, 0.2) is 22.7 Å². The molecule has 112 valence electrons. The Morgan fingerprint density at radius 3 is 2.90 bits per heavy atom.